The van der Waals surface area contributed by atoms with E-state index in [-0.39, 0.29) is 42.0 Å². The van der Waals surface area contributed by atoms with Gasteiger partial charge in [0.05, 0.1) is 16.6 Å². The quantitative estimate of drug-likeness (QED) is 0.532. The Bertz CT molecular complexity index is 898. The molecule has 3 N–H and O–H groups in total. The van der Waals surface area contributed by atoms with Crippen molar-refractivity contribution in [3.63, 3.8) is 0 Å². The molecule has 0 aliphatic carbocycles. The van der Waals surface area contributed by atoms with E-state index in [1.54, 1.807) is 40.9 Å². The van der Waals surface area contributed by atoms with E-state index in [4.69, 9.17) is 11.6 Å². The molecule has 0 radical (unpaired) electrons. The van der Waals surface area contributed by atoms with E-state index < -0.39 is 22.6 Å². The van der Waals surface area contributed by atoms with Gasteiger partial charge in [0.25, 0.3) is 0 Å². The Hall–Kier alpha value is -1.77. The monoisotopic (exact) mass is 479 g/mol. The van der Waals surface area contributed by atoms with Gasteiger partial charge in [-0.3, -0.25) is 14.4 Å². The highest BCUT2D eigenvalue weighted by Crippen LogP contribution is 2.68. The zero-order chi connectivity index (χ0) is 23.0. The first-order chi connectivity index (χ1) is 15.3. The summed E-state index contributed by atoms with van der Waals surface area (Å²) in [5.74, 6) is -1.33. The minimum Gasteiger partial charge on any atom is -0.396 e. The first-order valence-corrected chi connectivity index (χ1v) is 12.5. The molecule has 1 aromatic rings. The number of halogens is 1. The third kappa shape index (κ3) is 3.70. The number of aliphatic hydroxyl groups is 1. The van der Waals surface area contributed by atoms with E-state index in [9.17, 15) is 19.5 Å². The number of amides is 3. The van der Waals surface area contributed by atoms with Crippen LogP contribution < -0.4 is 10.6 Å². The van der Waals surface area contributed by atoms with Crippen molar-refractivity contribution < 1.29 is 19.5 Å². The predicted molar refractivity (Wildman–Crippen MR) is 125 cm³/mol. The number of benzene rings is 1. The molecular formula is C23H30ClN3O4S. The molecule has 0 aromatic heterocycles. The van der Waals surface area contributed by atoms with Gasteiger partial charge < -0.3 is 20.6 Å². The zero-order valence-corrected chi connectivity index (χ0v) is 19.9. The lowest BCUT2D eigenvalue weighted by molar-refractivity contribution is -0.139. The maximum Gasteiger partial charge on any atom is 0.248 e. The van der Waals surface area contributed by atoms with E-state index >= 15 is 0 Å². The van der Waals surface area contributed by atoms with Crippen molar-refractivity contribution in [1.29, 1.82) is 0 Å². The maximum absolute atomic E-state index is 13.7. The molecule has 3 heterocycles. The predicted octanol–water partition coefficient (Wildman–Crippen LogP) is 2.52. The normalized spacial score (nSPS) is 32.8. The number of nitrogens with zero attached hydrogens (tertiary/aromatic N) is 1. The number of likely N-dealkylation sites (tertiary alicyclic amines) is 1. The molecular weight excluding hydrogens is 450 g/mol. The lowest BCUT2D eigenvalue weighted by Crippen LogP contribution is -2.55. The number of hydrogen-bond donors (Lipinski definition) is 3. The van der Waals surface area contributed by atoms with Gasteiger partial charge in [-0.15, -0.1) is 11.8 Å². The largest absolute Gasteiger partial charge is 0.396 e. The van der Waals surface area contributed by atoms with Gasteiger partial charge in [0.2, 0.25) is 17.7 Å². The van der Waals surface area contributed by atoms with E-state index in [0.717, 1.165) is 12.8 Å². The number of rotatable bonds is 8. The Morgan fingerprint density at radius 3 is 2.66 bits per heavy atom. The summed E-state index contributed by atoms with van der Waals surface area (Å²) in [5.41, 5.74) is 0.608. The second-order valence-corrected chi connectivity index (χ2v) is 10.9. The van der Waals surface area contributed by atoms with Gasteiger partial charge in [0.15, 0.2) is 0 Å². The number of hydrogen-bond acceptors (Lipinski definition) is 5. The van der Waals surface area contributed by atoms with Crippen LogP contribution in [0, 0.1) is 17.8 Å². The van der Waals surface area contributed by atoms with Crippen LogP contribution in [0.4, 0.5) is 5.69 Å². The van der Waals surface area contributed by atoms with E-state index in [1.807, 2.05) is 6.92 Å². The fourth-order valence-corrected chi connectivity index (χ4v) is 8.26. The average molecular weight is 480 g/mol. The summed E-state index contributed by atoms with van der Waals surface area (Å²) in [4.78, 5) is 42.0. The molecule has 2 bridgehead atoms. The van der Waals surface area contributed by atoms with Crippen molar-refractivity contribution in [2.75, 3.05) is 25.0 Å². The third-order valence-corrected chi connectivity index (χ3v) is 9.34. The van der Waals surface area contributed by atoms with Crippen molar-refractivity contribution in [2.24, 2.45) is 17.8 Å². The van der Waals surface area contributed by atoms with Crippen LogP contribution in [0.5, 0.6) is 0 Å². The molecule has 9 heteroatoms. The Morgan fingerprint density at radius 1 is 1.28 bits per heavy atom. The summed E-state index contributed by atoms with van der Waals surface area (Å²) in [6, 6.07) is 6.17. The number of anilines is 1. The molecule has 3 unspecified atom stereocenters. The molecule has 7 nitrogen and oxygen atoms in total. The van der Waals surface area contributed by atoms with E-state index in [0.29, 0.717) is 23.7 Å². The highest BCUT2D eigenvalue weighted by atomic mass is 35.5. The van der Waals surface area contributed by atoms with Crippen molar-refractivity contribution in [2.45, 2.75) is 49.1 Å². The smallest absolute Gasteiger partial charge is 0.248 e. The molecule has 32 heavy (non-hydrogen) atoms. The number of carbonyl (C=O) groups is 3. The number of aliphatic hydroxyl groups excluding tert-OH is 1. The number of fused-ring (bicyclic) bond motifs is 1. The highest BCUT2D eigenvalue weighted by molar-refractivity contribution is 8.02. The maximum atomic E-state index is 13.7. The minimum absolute atomic E-state index is 0.0293. The Morgan fingerprint density at radius 2 is 2.00 bits per heavy atom. The standard InChI is InChI=1S/C23H30ClN3O4S/c1-3-9-25-20(29)17-16-12-13(2)23(32-16)18(17)22(31)27(10-4-11-28)19(23)21(30)26-15-7-5-14(24)6-8-15/h5-8,13,16-19,28H,3-4,9-12H2,1-2H3,(H,25,29)(H,26,30)/t13?,16-,17+,18+,19?,23?/m1/s1. The Kier molecular flexibility index (Phi) is 6.75. The molecule has 6 atom stereocenters. The molecule has 1 aromatic carbocycles. The minimum atomic E-state index is -0.698. The first-order valence-electron chi connectivity index (χ1n) is 11.3. The van der Waals surface area contributed by atoms with Crippen molar-refractivity contribution in [3.05, 3.63) is 29.3 Å². The molecule has 1 spiro atoms. The summed E-state index contributed by atoms with van der Waals surface area (Å²) in [5, 5.41) is 15.9. The second-order valence-electron chi connectivity index (χ2n) is 8.95. The fraction of sp³-hybridized carbons (Fsp3) is 0.609. The summed E-state index contributed by atoms with van der Waals surface area (Å²) in [7, 11) is 0. The summed E-state index contributed by atoms with van der Waals surface area (Å²) >= 11 is 7.62. The van der Waals surface area contributed by atoms with Crippen LogP contribution >= 0.6 is 23.4 Å². The molecule has 3 amide bonds. The topological polar surface area (TPSA) is 98.7 Å². The van der Waals surface area contributed by atoms with Crippen LogP contribution in [0.2, 0.25) is 5.02 Å². The molecule has 3 saturated heterocycles. The van der Waals surface area contributed by atoms with Gasteiger partial charge in [-0.2, -0.15) is 0 Å². The average Bonchev–Trinajstić information content (AvgIpc) is 3.36. The third-order valence-electron chi connectivity index (χ3n) is 7.01. The van der Waals surface area contributed by atoms with Gasteiger partial charge in [0, 0.05) is 35.7 Å². The SMILES string of the molecule is CCCNC(=O)[C@@H]1[C@H]2C(=O)N(CCCO)C(C(=O)Nc3ccc(Cl)cc3)C23S[C@@H]1CC3C. The van der Waals surface area contributed by atoms with Gasteiger partial charge in [-0.1, -0.05) is 25.4 Å². The van der Waals surface area contributed by atoms with Gasteiger partial charge >= 0.3 is 0 Å². The van der Waals surface area contributed by atoms with Crippen LogP contribution in [-0.4, -0.2) is 63.5 Å². The molecule has 174 valence electrons. The highest BCUT2D eigenvalue weighted by Gasteiger charge is 2.75. The van der Waals surface area contributed by atoms with E-state index in [2.05, 4.69) is 17.6 Å². The fourth-order valence-electron chi connectivity index (χ4n) is 5.71. The molecule has 4 rings (SSSR count). The van der Waals surface area contributed by atoms with Crippen molar-refractivity contribution in [1.82, 2.24) is 10.2 Å². The van der Waals surface area contributed by atoms with E-state index in [1.165, 1.54) is 0 Å². The van der Waals surface area contributed by atoms with Crippen LogP contribution in [-0.2, 0) is 14.4 Å². The van der Waals surface area contributed by atoms with Crippen molar-refractivity contribution in [3.8, 4) is 0 Å². The zero-order valence-electron chi connectivity index (χ0n) is 18.3. The van der Waals surface area contributed by atoms with Gasteiger partial charge in [0.1, 0.15) is 6.04 Å². The Labute approximate surface area is 197 Å². The summed E-state index contributed by atoms with van der Waals surface area (Å²) in [6.07, 6.45) is 2.01. The molecule has 3 aliphatic heterocycles. The Balaban J connectivity index is 1.69. The number of thioether (sulfide) groups is 1. The number of carbonyl (C=O) groups excluding carboxylic acids is 3. The molecule has 0 saturated carbocycles. The summed E-state index contributed by atoms with van der Waals surface area (Å²) < 4.78 is -0.651. The lowest BCUT2D eigenvalue weighted by atomic mass is 9.66. The summed E-state index contributed by atoms with van der Waals surface area (Å²) in [6.45, 7) is 4.87. The molecule has 3 fully saturated rings. The molecule has 3 aliphatic rings. The lowest BCUT2D eigenvalue weighted by Gasteiger charge is -2.38. The van der Waals surface area contributed by atoms with Gasteiger partial charge in [-0.25, -0.2) is 0 Å². The van der Waals surface area contributed by atoms with Crippen molar-refractivity contribution >= 4 is 46.8 Å². The van der Waals surface area contributed by atoms with Gasteiger partial charge in [-0.05, 0) is 49.4 Å². The first kappa shape index (κ1) is 23.4. The van der Waals surface area contributed by atoms with Crippen LogP contribution in [0.15, 0.2) is 24.3 Å². The number of nitrogens with one attached hydrogen (secondary N) is 2. The van der Waals surface area contributed by atoms with Crippen LogP contribution in [0.25, 0.3) is 0 Å². The van der Waals surface area contributed by atoms with Crippen LogP contribution in [0.1, 0.15) is 33.1 Å². The second kappa shape index (κ2) is 9.23. The van der Waals surface area contributed by atoms with Crippen LogP contribution in [0.3, 0.4) is 0 Å².